The number of aromatic nitrogens is 3. The van der Waals surface area contributed by atoms with E-state index >= 15 is 0 Å². The summed E-state index contributed by atoms with van der Waals surface area (Å²) in [5.41, 5.74) is 0.982. The van der Waals surface area contributed by atoms with Crippen LogP contribution in [0.5, 0.6) is 0 Å². The number of piperidine rings is 1. The van der Waals surface area contributed by atoms with Crippen molar-refractivity contribution in [3.63, 3.8) is 0 Å². The van der Waals surface area contributed by atoms with Gasteiger partial charge in [0.1, 0.15) is 0 Å². The van der Waals surface area contributed by atoms with Crippen molar-refractivity contribution >= 4 is 12.0 Å². The molecular formula is C17H22N6O. The van der Waals surface area contributed by atoms with Gasteiger partial charge in [0.25, 0.3) is 0 Å². The van der Waals surface area contributed by atoms with Crippen molar-refractivity contribution in [1.82, 2.24) is 25.6 Å². The number of anilines is 1. The summed E-state index contributed by atoms with van der Waals surface area (Å²) in [6.45, 7) is 3.58. The number of rotatable bonds is 4. The van der Waals surface area contributed by atoms with Gasteiger partial charge in [0, 0.05) is 43.9 Å². The number of hydrogen-bond acceptors (Lipinski definition) is 5. The van der Waals surface area contributed by atoms with Gasteiger partial charge in [-0.3, -0.25) is 4.98 Å². The average Bonchev–Trinajstić information content (AvgIpc) is 2.63. The van der Waals surface area contributed by atoms with Crippen molar-refractivity contribution in [3.8, 4) is 0 Å². The quantitative estimate of drug-likeness (QED) is 0.896. The van der Waals surface area contributed by atoms with Gasteiger partial charge in [0.05, 0.1) is 6.04 Å². The molecule has 2 N–H and O–H groups in total. The molecule has 1 fully saturated rings. The number of pyridine rings is 1. The molecule has 0 spiro atoms. The maximum Gasteiger partial charge on any atom is 0.315 e. The Kier molecular flexibility index (Phi) is 5.20. The van der Waals surface area contributed by atoms with Gasteiger partial charge in [-0.15, -0.1) is 0 Å². The Bertz CT molecular complexity index is 651. The Balaban J connectivity index is 1.53. The molecule has 1 aliphatic heterocycles. The first-order valence-corrected chi connectivity index (χ1v) is 8.21. The second-order valence-electron chi connectivity index (χ2n) is 5.96. The highest BCUT2D eigenvalue weighted by Gasteiger charge is 2.23. The van der Waals surface area contributed by atoms with Crippen molar-refractivity contribution < 1.29 is 4.79 Å². The Hall–Kier alpha value is -2.70. The maximum absolute atomic E-state index is 12.2. The lowest BCUT2D eigenvalue weighted by Gasteiger charge is -2.33. The van der Waals surface area contributed by atoms with Gasteiger partial charge < -0.3 is 15.5 Å². The number of nitrogens with zero attached hydrogens (tertiary/aromatic N) is 4. The fraction of sp³-hybridized carbons (Fsp3) is 0.412. The fourth-order valence-electron chi connectivity index (χ4n) is 2.87. The van der Waals surface area contributed by atoms with Crippen LogP contribution in [0.1, 0.15) is 31.4 Å². The zero-order chi connectivity index (χ0) is 16.8. The highest BCUT2D eigenvalue weighted by molar-refractivity contribution is 5.74. The van der Waals surface area contributed by atoms with Crippen LogP contribution in [0.4, 0.5) is 10.7 Å². The molecule has 3 rings (SSSR count). The minimum Gasteiger partial charge on any atom is -0.339 e. The van der Waals surface area contributed by atoms with E-state index in [4.69, 9.17) is 0 Å². The van der Waals surface area contributed by atoms with Crippen LogP contribution in [0.25, 0.3) is 0 Å². The molecule has 2 aromatic heterocycles. The van der Waals surface area contributed by atoms with E-state index in [1.54, 1.807) is 30.9 Å². The molecule has 1 saturated heterocycles. The van der Waals surface area contributed by atoms with Gasteiger partial charge in [-0.25, -0.2) is 14.8 Å². The molecule has 126 valence electrons. The third-order valence-electron chi connectivity index (χ3n) is 4.12. The lowest BCUT2D eigenvalue weighted by molar-refractivity contribution is 0.232. The average molecular weight is 326 g/mol. The summed E-state index contributed by atoms with van der Waals surface area (Å²) < 4.78 is 0. The Morgan fingerprint density at radius 2 is 2.12 bits per heavy atom. The molecule has 0 radical (unpaired) electrons. The third-order valence-corrected chi connectivity index (χ3v) is 4.12. The highest BCUT2D eigenvalue weighted by Crippen LogP contribution is 2.15. The molecule has 2 atom stereocenters. The molecule has 0 saturated carbocycles. The first kappa shape index (κ1) is 16.2. The molecule has 7 nitrogen and oxygen atoms in total. The van der Waals surface area contributed by atoms with E-state index in [9.17, 15) is 4.79 Å². The second kappa shape index (κ2) is 7.72. The summed E-state index contributed by atoms with van der Waals surface area (Å²) in [6.07, 6.45) is 8.92. The molecule has 7 heteroatoms. The van der Waals surface area contributed by atoms with Crippen LogP contribution in [0, 0.1) is 0 Å². The first-order chi connectivity index (χ1) is 11.7. The van der Waals surface area contributed by atoms with Crippen LogP contribution in [-0.4, -0.2) is 40.1 Å². The van der Waals surface area contributed by atoms with Gasteiger partial charge in [0.2, 0.25) is 5.95 Å². The smallest absolute Gasteiger partial charge is 0.315 e. The van der Waals surface area contributed by atoms with E-state index in [2.05, 4.69) is 30.5 Å². The van der Waals surface area contributed by atoms with Gasteiger partial charge in [-0.2, -0.15) is 0 Å². The van der Waals surface area contributed by atoms with E-state index in [0.29, 0.717) is 5.95 Å². The molecule has 0 aromatic carbocycles. The zero-order valence-corrected chi connectivity index (χ0v) is 13.7. The van der Waals surface area contributed by atoms with Crippen LogP contribution in [-0.2, 0) is 0 Å². The monoisotopic (exact) mass is 326 g/mol. The largest absolute Gasteiger partial charge is 0.339 e. The normalized spacial score (nSPS) is 18.7. The first-order valence-electron chi connectivity index (χ1n) is 8.21. The molecule has 2 aromatic rings. The van der Waals surface area contributed by atoms with Crippen molar-refractivity contribution in [3.05, 3.63) is 48.5 Å². The van der Waals surface area contributed by atoms with Crippen molar-refractivity contribution in [2.75, 3.05) is 18.0 Å². The number of carbonyl (C=O) groups is 1. The predicted molar refractivity (Wildman–Crippen MR) is 91.6 cm³/mol. The lowest BCUT2D eigenvalue weighted by atomic mass is 10.1. The summed E-state index contributed by atoms with van der Waals surface area (Å²) in [4.78, 5) is 27.0. The van der Waals surface area contributed by atoms with Crippen molar-refractivity contribution in [1.29, 1.82) is 0 Å². The Morgan fingerprint density at radius 3 is 2.88 bits per heavy atom. The molecule has 1 aliphatic rings. The second-order valence-corrected chi connectivity index (χ2v) is 5.96. The number of hydrogen-bond donors (Lipinski definition) is 2. The summed E-state index contributed by atoms with van der Waals surface area (Å²) >= 11 is 0. The van der Waals surface area contributed by atoms with Gasteiger partial charge in [-0.1, -0.05) is 6.07 Å². The molecule has 0 unspecified atom stereocenters. The minimum absolute atomic E-state index is 0.0867. The van der Waals surface area contributed by atoms with Crippen molar-refractivity contribution in [2.24, 2.45) is 0 Å². The third kappa shape index (κ3) is 4.18. The maximum atomic E-state index is 12.2. The van der Waals surface area contributed by atoms with Crippen LogP contribution in [0.3, 0.4) is 0 Å². The van der Waals surface area contributed by atoms with E-state index in [1.807, 2.05) is 19.1 Å². The molecular weight excluding hydrogens is 304 g/mol. The van der Waals surface area contributed by atoms with Crippen LogP contribution >= 0.6 is 0 Å². The van der Waals surface area contributed by atoms with E-state index in [1.165, 1.54) is 0 Å². The topological polar surface area (TPSA) is 83.0 Å². The van der Waals surface area contributed by atoms with Crippen LogP contribution in [0.15, 0.2) is 43.0 Å². The number of nitrogens with one attached hydrogen (secondary N) is 2. The van der Waals surface area contributed by atoms with E-state index in [-0.39, 0.29) is 18.1 Å². The lowest BCUT2D eigenvalue weighted by Crippen LogP contribution is -2.51. The van der Waals surface area contributed by atoms with Crippen LogP contribution < -0.4 is 15.5 Å². The summed E-state index contributed by atoms with van der Waals surface area (Å²) in [7, 11) is 0. The SMILES string of the molecule is C[C@H](NC(=O)N[C@@H]1CCCN(c2ncccn2)C1)c1cccnc1. The van der Waals surface area contributed by atoms with Crippen molar-refractivity contribution in [2.45, 2.75) is 31.8 Å². The zero-order valence-electron chi connectivity index (χ0n) is 13.7. The number of amides is 2. The fourth-order valence-corrected chi connectivity index (χ4v) is 2.87. The standard InChI is InChI=1S/C17H22N6O/c1-13(14-5-2-7-18-11-14)21-17(24)22-15-6-3-10-23(12-15)16-19-8-4-9-20-16/h2,4-5,7-9,11,13,15H,3,6,10,12H2,1H3,(H2,21,22,24)/t13-,15+/m0/s1. The molecule has 2 amide bonds. The highest BCUT2D eigenvalue weighted by atomic mass is 16.2. The minimum atomic E-state index is -0.160. The predicted octanol–water partition coefficient (Wildman–Crippen LogP) is 1.90. The van der Waals surface area contributed by atoms with Crippen LogP contribution in [0.2, 0.25) is 0 Å². The van der Waals surface area contributed by atoms with Gasteiger partial charge in [-0.05, 0) is 37.5 Å². The molecule has 24 heavy (non-hydrogen) atoms. The summed E-state index contributed by atoms with van der Waals surface area (Å²) in [5.74, 6) is 0.716. The van der Waals surface area contributed by atoms with E-state index < -0.39 is 0 Å². The molecule has 3 heterocycles. The molecule has 0 aliphatic carbocycles. The summed E-state index contributed by atoms with van der Waals surface area (Å²) in [6, 6.07) is 5.46. The molecule has 0 bridgehead atoms. The Labute approximate surface area is 141 Å². The summed E-state index contributed by atoms with van der Waals surface area (Å²) in [5, 5.41) is 6.01. The van der Waals surface area contributed by atoms with Gasteiger partial charge in [0.15, 0.2) is 0 Å². The number of carbonyl (C=O) groups excluding carboxylic acids is 1. The van der Waals surface area contributed by atoms with Gasteiger partial charge >= 0.3 is 6.03 Å². The Morgan fingerprint density at radius 1 is 1.29 bits per heavy atom. The van der Waals surface area contributed by atoms with E-state index in [0.717, 1.165) is 31.5 Å². The number of urea groups is 1.